The van der Waals surface area contributed by atoms with Crippen molar-refractivity contribution in [3.63, 3.8) is 0 Å². The summed E-state index contributed by atoms with van der Waals surface area (Å²) in [5.41, 5.74) is 1.03. The third-order valence-corrected chi connectivity index (χ3v) is 2.53. The molecule has 1 aromatic carbocycles. The fourth-order valence-corrected chi connectivity index (χ4v) is 1.66. The van der Waals surface area contributed by atoms with E-state index in [1.54, 1.807) is 4.90 Å². The number of carbonyl (C=O) groups excluding carboxylic acids is 1. The second-order valence-electron chi connectivity index (χ2n) is 4.05. The zero-order valence-electron chi connectivity index (χ0n) is 10.8. The first-order chi connectivity index (χ1) is 8.25. The molecule has 0 saturated carbocycles. The Hall–Kier alpha value is -1.51. The van der Waals surface area contributed by atoms with Crippen molar-refractivity contribution in [1.82, 2.24) is 4.90 Å². The van der Waals surface area contributed by atoms with Gasteiger partial charge in [0.1, 0.15) is 6.61 Å². The smallest absolute Gasteiger partial charge is 0.410 e. The Morgan fingerprint density at radius 1 is 1.29 bits per heavy atom. The number of carbonyl (C=O) groups is 1. The lowest BCUT2D eigenvalue weighted by molar-refractivity contribution is 0.0542. The normalized spacial score (nSPS) is 14.4. The number of ether oxygens (including phenoxy) is 1. The molecule has 0 aliphatic carbocycles. The number of likely N-dealkylation sites (tertiary alicyclic amines) is 1. The molecule has 0 radical (unpaired) electrons. The van der Waals surface area contributed by atoms with Gasteiger partial charge in [-0.2, -0.15) is 0 Å². The number of benzene rings is 1. The maximum atomic E-state index is 11.4. The molecule has 0 spiro atoms. The first kappa shape index (κ1) is 13.6. The molecule has 0 atom stereocenters. The third-order valence-electron chi connectivity index (χ3n) is 2.53. The van der Waals surface area contributed by atoms with Gasteiger partial charge in [-0.05, 0) is 11.5 Å². The molecule has 1 aliphatic heterocycles. The van der Waals surface area contributed by atoms with Gasteiger partial charge in [0.05, 0.1) is 0 Å². The second kappa shape index (κ2) is 6.94. The average Bonchev–Trinajstić information content (AvgIpc) is 2.36. The van der Waals surface area contributed by atoms with Crippen molar-refractivity contribution in [3.05, 3.63) is 35.9 Å². The molecule has 1 amide bonds. The monoisotopic (exact) mass is 235 g/mol. The van der Waals surface area contributed by atoms with Gasteiger partial charge < -0.3 is 9.64 Å². The number of nitrogens with zero attached hydrogens (tertiary/aromatic N) is 1. The summed E-state index contributed by atoms with van der Waals surface area (Å²) in [6.45, 7) is 8.15. The summed E-state index contributed by atoms with van der Waals surface area (Å²) >= 11 is 0. The zero-order valence-corrected chi connectivity index (χ0v) is 10.8. The molecule has 1 aliphatic rings. The molecule has 17 heavy (non-hydrogen) atoms. The SMILES string of the molecule is CC.CC1CN(C(=O)OCc2ccccc2)C1. The highest BCUT2D eigenvalue weighted by Crippen LogP contribution is 2.15. The Kier molecular flexibility index (Phi) is 5.53. The largest absolute Gasteiger partial charge is 0.445 e. The number of rotatable bonds is 2. The molecule has 3 heteroatoms. The van der Waals surface area contributed by atoms with Crippen LogP contribution in [-0.4, -0.2) is 24.1 Å². The van der Waals surface area contributed by atoms with Crippen molar-refractivity contribution in [3.8, 4) is 0 Å². The van der Waals surface area contributed by atoms with E-state index in [4.69, 9.17) is 4.74 Å². The Bertz CT molecular complexity index is 331. The summed E-state index contributed by atoms with van der Waals surface area (Å²) in [7, 11) is 0. The topological polar surface area (TPSA) is 29.5 Å². The van der Waals surface area contributed by atoms with Crippen LogP contribution >= 0.6 is 0 Å². The Labute approximate surface area is 103 Å². The van der Waals surface area contributed by atoms with Crippen molar-refractivity contribution < 1.29 is 9.53 Å². The molecule has 2 rings (SSSR count). The van der Waals surface area contributed by atoms with E-state index in [0.717, 1.165) is 18.7 Å². The lowest BCUT2D eigenvalue weighted by atomic mass is 10.0. The fraction of sp³-hybridized carbons (Fsp3) is 0.500. The standard InChI is InChI=1S/C12H15NO2.C2H6/c1-10-7-13(8-10)12(14)15-9-11-5-3-2-4-6-11;1-2/h2-6,10H,7-9H2,1H3;1-2H3. The second-order valence-corrected chi connectivity index (χ2v) is 4.05. The van der Waals surface area contributed by atoms with E-state index in [1.807, 2.05) is 44.2 Å². The van der Waals surface area contributed by atoms with Crippen LogP contribution in [0, 0.1) is 5.92 Å². The minimum absolute atomic E-state index is 0.197. The highest BCUT2D eigenvalue weighted by Gasteiger charge is 2.27. The van der Waals surface area contributed by atoms with Gasteiger partial charge in [-0.3, -0.25) is 0 Å². The molecule has 1 saturated heterocycles. The van der Waals surface area contributed by atoms with E-state index < -0.39 is 0 Å². The van der Waals surface area contributed by atoms with E-state index in [1.165, 1.54) is 0 Å². The van der Waals surface area contributed by atoms with E-state index in [0.29, 0.717) is 12.5 Å². The van der Waals surface area contributed by atoms with E-state index in [9.17, 15) is 4.79 Å². The molecule has 1 heterocycles. The molecule has 0 bridgehead atoms. The van der Waals surface area contributed by atoms with Crippen LogP contribution in [0.1, 0.15) is 26.3 Å². The van der Waals surface area contributed by atoms with Gasteiger partial charge in [-0.1, -0.05) is 51.1 Å². The van der Waals surface area contributed by atoms with Crippen LogP contribution in [0.15, 0.2) is 30.3 Å². The van der Waals surface area contributed by atoms with Crippen LogP contribution in [-0.2, 0) is 11.3 Å². The van der Waals surface area contributed by atoms with E-state index >= 15 is 0 Å². The Morgan fingerprint density at radius 2 is 1.88 bits per heavy atom. The summed E-state index contributed by atoms with van der Waals surface area (Å²) in [6.07, 6.45) is -0.197. The van der Waals surface area contributed by atoms with Crippen molar-refractivity contribution in [1.29, 1.82) is 0 Å². The lowest BCUT2D eigenvalue weighted by Crippen LogP contribution is -2.48. The van der Waals surface area contributed by atoms with Crippen LogP contribution in [0.2, 0.25) is 0 Å². The minimum atomic E-state index is -0.197. The van der Waals surface area contributed by atoms with E-state index in [2.05, 4.69) is 6.92 Å². The molecule has 0 unspecified atom stereocenters. The molecule has 1 fully saturated rings. The van der Waals surface area contributed by atoms with Crippen LogP contribution in [0.3, 0.4) is 0 Å². The first-order valence-corrected chi connectivity index (χ1v) is 6.21. The summed E-state index contributed by atoms with van der Waals surface area (Å²) in [6, 6.07) is 9.73. The molecular weight excluding hydrogens is 214 g/mol. The lowest BCUT2D eigenvalue weighted by Gasteiger charge is -2.35. The average molecular weight is 235 g/mol. The zero-order chi connectivity index (χ0) is 12.7. The summed E-state index contributed by atoms with van der Waals surface area (Å²) in [5.74, 6) is 0.620. The first-order valence-electron chi connectivity index (χ1n) is 6.21. The molecule has 0 N–H and O–H groups in total. The van der Waals surface area contributed by atoms with Crippen molar-refractivity contribution >= 4 is 6.09 Å². The molecule has 0 aromatic heterocycles. The number of amides is 1. The highest BCUT2D eigenvalue weighted by molar-refractivity contribution is 5.68. The van der Waals surface area contributed by atoms with Crippen molar-refractivity contribution in [2.24, 2.45) is 5.92 Å². The molecular formula is C14H21NO2. The maximum Gasteiger partial charge on any atom is 0.410 e. The summed E-state index contributed by atoms with van der Waals surface area (Å²) < 4.78 is 5.17. The highest BCUT2D eigenvalue weighted by atomic mass is 16.6. The summed E-state index contributed by atoms with van der Waals surface area (Å²) in [4.78, 5) is 13.2. The molecule has 1 aromatic rings. The van der Waals surface area contributed by atoms with Crippen LogP contribution in [0.25, 0.3) is 0 Å². The van der Waals surface area contributed by atoms with E-state index in [-0.39, 0.29) is 6.09 Å². The number of hydrogen-bond acceptors (Lipinski definition) is 2. The van der Waals surface area contributed by atoms with Gasteiger partial charge in [0, 0.05) is 13.1 Å². The van der Waals surface area contributed by atoms with Crippen molar-refractivity contribution in [2.75, 3.05) is 13.1 Å². The van der Waals surface area contributed by atoms with Gasteiger partial charge in [0.15, 0.2) is 0 Å². The van der Waals surface area contributed by atoms with Crippen LogP contribution in [0.5, 0.6) is 0 Å². The van der Waals surface area contributed by atoms with Gasteiger partial charge in [-0.15, -0.1) is 0 Å². The Morgan fingerprint density at radius 3 is 2.41 bits per heavy atom. The number of hydrogen-bond donors (Lipinski definition) is 0. The van der Waals surface area contributed by atoms with Gasteiger partial charge >= 0.3 is 6.09 Å². The van der Waals surface area contributed by atoms with Crippen LogP contribution in [0.4, 0.5) is 4.79 Å². The maximum absolute atomic E-state index is 11.4. The summed E-state index contributed by atoms with van der Waals surface area (Å²) in [5, 5.41) is 0. The van der Waals surface area contributed by atoms with Gasteiger partial charge in [0.25, 0.3) is 0 Å². The Balaban J connectivity index is 0.000000686. The molecule has 3 nitrogen and oxygen atoms in total. The van der Waals surface area contributed by atoms with Gasteiger partial charge in [-0.25, -0.2) is 4.79 Å². The quantitative estimate of drug-likeness (QED) is 0.787. The predicted molar refractivity (Wildman–Crippen MR) is 68.7 cm³/mol. The third kappa shape index (κ3) is 4.10. The predicted octanol–water partition coefficient (Wildman–Crippen LogP) is 3.30. The minimum Gasteiger partial charge on any atom is -0.445 e. The van der Waals surface area contributed by atoms with Gasteiger partial charge in [0.2, 0.25) is 0 Å². The molecule has 94 valence electrons. The van der Waals surface area contributed by atoms with Crippen molar-refractivity contribution in [2.45, 2.75) is 27.4 Å². The van der Waals surface area contributed by atoms with Crippen LogP contribution < -0.4 is 0 Å². The fourth-order valence-electron chi connectivity index (χ4n) is 1.66.